The van der Waals surface area contributed by atoms with Crippen LogP contribution in [0.5, 0.6) is 0 Å². The number of carbonyl (C=O) groups is 1. The van der Waals surface area contributed by atoms with Crippen molar-refractivity contribution in [2.24, 2.45) is 0 Å². The average molecular weight is 373 g/mol. The minimum absolute atomic E-state index is 0.172. The van der Waals surface area contributed by atoms with E-state index >= 15 is 0 Å². The molecule has 3 rings (SSSR count). The van der Waals surface area contributed by atoms with Gasteiger partial charge in [-0.15, -0.1) is 10.2 Å². The number of rotatable bonds is 7. The number of pyridine rings is 1. The van der Waals surface area contributed by atoms with E-state index in [4.69, 9.17) is 4.74 Å². The largest absolute Gasteiger partial charge is 0.385 e. The van der Waals surface area contributed by atoms with Crippen LogP contribution >= 0.6 is 0 Å². The van der Waals surface area contributed by atoms with Crippen LogP contribution in [0.2, 0.25) is 0 Å². The normalized spacial score (nSPS) is 12.3. The van der Waals surface area contributed by atoms with E-state index in [-0.39, 0.29) is 11.1 Å². The maximum absolute atomic E-state index is 13.4. The number of carbonyl (C=O) groups excluding carboxylic acids is 1. The number of ether oxygens (including phenoxy) is 1. The third-order valence-electron chi connectivity index (χ3n) is 4.18. The Balaban J connectivity index is 1.83. The molecule has 2 N–H and O–H groups in total. The molecular weight excluding hydrogens is 353 g/mol. The molecule has 0 spiro atoms. The maximum atomic E-state index is 13.4. The molecule has 3 aromatic rings. The molecule has 0 saturated carbocycles. The topological polar surface area (TPSA) is 102 Å². The van der Waals surface area contributed by atoms with Crippen LogP contribution in [0.4, 0.5) is 4.39 Å². The molecule has 0 aliphatic rings. The second kappa shape index (κ2) is 8.09. The summed E-state index contributed by atoms with van der Waals surface area (Å²) in [5.41, 5.74) is -0.0391. The van der Waals surface area contributed by atoms with E-state index in [2.05, 4.69) is 20.5 Å². The Morgan fingerprint density at radius 1 is 1.41 bits per heavy atom. The molecule has 0 unspecified atom stereocenters. The Bertz CT molecular complexity index is 1010. The molecule has 27 heavy (non-hydrogen) atoms. The van der Waals surface area contributed by atoms with Crippen molar-refractivity contribution in [2.75, 3.05) is 13.7 Å². The fourth-order valence-electron chi connectivity index (χ4n) is 2.91. The summed E-state index contributed by atoms with van der Waals surface area (Å²) in [6.45, 7) is 3.04. The maximum Gasteiger partial charge on any atom is 0.252 e. The van der Waals surface area contributed by atoms with Gasteiger partial charge in [0.15, 0.2) is 5.82 Å². The van der Waals surface area contributed by atoms with Crippen LogP contribution in [0.15, 0.2) is 35.4 Å². The zero-order chi connectivity index (χ0) is 19.4. The first kappa shape index (κ1) is 18.7. The summed E-state index contributed by atoms with van der Waals surface area (Å²) in [4.78, 5) is 27.1. The highest BCUT2D eigenvalue weighted by Crippen LogP contribution is 2.18. The highest BCUT2D eigenvalue weighted by Gasteiger charge is 2.19. The van der Waals surface area contributed by atoms with Crippen LogP contribution in [0.3, 0.4) is 0 Å². The number of nitrogens with one attached hydrogen (secondary N) is 2. The molecule has 9 heteroatoms. The zero-order valence-electron chi connectivity index (χ0n) is 15.0. The molecule has 8 nitrogen and oxygen atoms in total. The number of aromatic amines is 1. The van der Waals surface area contributed by atoms with Crippen LogP contribution in [-0.2, 0) is 11.3 Å². The number of nitrogens with zero attached hydrogens (tertiary/aromatic N) is 3. The molecule has 0 saturated heterocycles. The number of aromatic nitrogens is 4. The van der Waals surface area contributed by atoms with E-state index in [0.717, 1.165) is 6.42 Å². The number of aryl methyl sites for hydroxylation is 1. The zero-order valence-corrected chi connectivity index (χ0v) is 15.0. The first-order chi connectivity index (χ1) is 13.0. The SMILES string of the molecule is COCCCn1cnnc1[C@@H](C)NC(=O)c1cc(=O)[nH]c2cc(F)ccc12. The molecule has 2 aromatic heterocycles. The Morgan fingerprint density at radius 2 is 2.22 bits per heavy atom. The van der Waals surface area contributed by atoms with Crippen molar-refractivity contribution in [2.45, 2.75) is 25.9 Å². The Hall–Kier alpha value is -3.07. The van der Waals surface area contributed by atoms with Crippen LogP contribution in [0.25, 0.3) is 10.9 Å². The number of fused-ring (bicyclic) bond motifs is 1. The predicted molar refractivity (Wildman–Crippen MR) is 96.9 cm³/mol. The molecule has 0 fully saturated rings. The summed E-state index contributed by atoms with van der Waals surface area (Å²) in [5.74, 6) is -0.343. The third-order valence-corrected chi connectivity index (χ3v) is 4.18. The fraction of sp³-hybridized carbons (Fsp3) is 0.333. The van der Waals surface area contributed by atoms with Gasteiger partial charge >= 0.3 is 0 Å². The van der Waals surface area contributed by atoms with E-state index < -0.39 is 23.3 Å². The summed E-state index contributed by atoms with van der Waals surface area (Å²) in [6.07, 6.45) is 2.38. The molecule has 0 aliphatic carbocycles. The number of hydrogen-bond donors (Lipinski definition) is 2. The van der Waals surface area contributed by atoms with Crippen molar-refractivity contribution in [3.63, 3.8) is 0 Å². The van der Waals surface area contributed by atoms with Crippen molar-refractivity contribution < 1.29 is 13.9 Å². The van der Waals surface area contributed by atoms with Gasteiger partial charge in [0, 0.05) is 31.7 Å². The van der Waals surface area contributed by atoms with Gasteiger partial charge in [-0.2, -0.15) is 0 Å². The lowest BCUT2D eigenvalue weighted by Gasteiger charge is -2.15. The van der Waals surface area contributed by atoms with E-state index in [9.17, 15) is 14.0 Å². The van der Waals surface area contributed by atoms with E-state index in [1.165, 1.54) is 24.3 Å². The summed E-state index contributed by atoms with van der Waals surface area (Å²) >= 11 is 0. The van der Waals surface area contributed by atoms with E-state index in [1.54, 1.807) is 20.4 Å². The van der Waals surface area contributed by atoms with Gasteiger partial charge in [0.2, 0.25) is 5.56 Å². The number of benzene rings is 1. The lowest BCUT2D eigenvalue weighted by molar-refractivity contribution is 0.0939. The van der Waals surface area contributed by atoms with E-state index in [1.807, 2.05) is 4.57 Å². The van der Waals surface area contributed by atoms with Crippen LogP contribution < -0.4 is 10.9 Å². The summed E-state index contributed by atoms with van der Waals surface area (Å²) in [5, 5.41) is 11.3. The lowest BCUT2D eigenvalue weighted by atomic mass is 10.1. The number of halogens is 1. The Labute approximate surface area is 154 Å². The number of H-pyrrole nitrogens is 1. The molecular formula is C18H20FN5O3. The summed E-state index contributed by atoms with van der Waals surface area (Å²) < 4.78 is 20.3. The minimum atomic E-state index is -0.492. The molecule has 0 radical (unpaired) electrons. The third kappa shape index (κ3) is 4.20. The molecule has 0 aliphatic heterocycles. The van der Waals surface area contributed by atoms with Gasteiger partial charge in [0.25, 0.3) is 5.91 Å². The van der Waals surface area contributed by atoms with Gasteiger partial charge in [0.05, 0.1) is 17.1 Å². The number of amides is 1. The van der Waals surface area contributed by atoms with Crippen molar-refractivity contribution in [3.8, 4) is 0 Å². The average Bonchev–Trinajstić information content (AvgIpc) is 3.09. The highest BCUT2D eigenvalue weighted by atomic mass is 19.1. The van der Waals surface area contributed by atoms with E-state index in [0.29, 0.717) is 24.4 Å². The van der Waals surface area contributed by atoms with Gasteiger partial charge in [-0.1, -0.05) is 0 Å². The Kier molecular flexibility index (Phi) is 5.60. The Morgan fingerprint density at radius 3 is 3.00 bits per heavy atom. The minimum Gasteiger partial charge on any atom is -0.385 e. The molecule has 2 heterocycles. The monoisotopic (exact) mass is 373 g/mol. The van der Waals surface area contributed by atoms with Gasteiger partial charge < -0.3 is 19.6 Å². The van der Waals surface area contributed by atoms with Crippen LogP contribution in [0, 0.1) is 5.82 Å². The molecule has 0 bridgehead atoms. The summed E-state index contributed by atoms with van der Waals surface area (Å²) in [7, 11) is 1.63. The van der Waals surface area contributed by atoms with Crippen molar-refractivity contribution >= 4 is 16.8 Å². The van der Waals surface area contributed by atoms with Crippen LogP contribution in [0.1, 0.15) is 35.6 Å². The van der Waals surface area contributed by atoms with Gasteiger partial charge in [-0.05, 0) is 31.5 Å². The van der Waals surface area contributed by atoms with Crippen LogP contribution in [-0.4, -0.2) is 39.4 Å². The van der Waals surface area contributed by atoms with Gasteiger partial charge in [0.1, 0.15) is 12.1 Å². The fourth-order valence-corrected chi connectivity index (χ4v) is 2.91. The first-order valence-corrected chi connectivity index (χ1v) is 8.49. The predicted octanol–water partition coefficient (Wildman–Crippen LogP) is 1.79. The van der Waals surface area contributed by atoms with Gasteiger partial charge in [-0.3, -0.25) is 9.59 Å². The number of hydrogen-bond acceptors (Lipinski definition) is 5. The molecule has 142 valence electrons. The summed E-state index contributed by atoms with van der Waals surface area (Å²) in [6, 6.07) is 4.66. The standard InChI is InChI=1S/C18H20FN5O3/c1-11(17-23-20-10-24(17)6-3-7-27-2)21-18(26)14-9-16(25)22-15-8-12(19)4-5-13(14)15/h4-5,8-11H,3,6-7H2,1-2H3,(H,21,26)(H,22,25)/t11-/m1/s1. The van der Waals surface area contributed by atoms with Gasteiger partial charge in [-0.25, -0.2) is 4.39 Å². The second-order valence-electron chi connectivity index (χ2n) is 6.16. The molecule has 1 aromatic carbocycles. The number of methoxy groups -OCH3 is 1. The van der Waals surface area contributed by atoms with Crippen molar-refractivity contribution in [1.29, 1.82) is 0 Å². The smallest absolute Gasteiger partial charge is 0.252 e. The second-order valence-corrected chi connectivity index (χ2v) is 6.16. The molecule has 1 atom stereocenters. The van der Waals surface area contributed by atoms with Crippen molar-refractivity contribution in [1.82, 2.24) is 25.1 Å². The first-order valence-electron chi connectivity index (χ1n) is 8.49. The molecule has 1 amide bonds. The lowest BCUT2D eigenvalue weighted by Crippen LogP contribution is -2.30. The highest BCUT2D eigenvalue weighted by molar-refractivity contribution is 6.06. The quantitative estimate of drug-likeness (QED) is 0.615. The van der Waals surface area contributed by atoms with Crippen molar-refractivity contribution in [3.05, 3.63) is 58.2 Å².